The van der Waals surface area contributed by atoms with Gasteiger partial charge in [0.05, 0.1) is 0 Å². The molecule has 0 unspecified atom stereocenters. The van der Waals surface area contributed by atoms with Crippen molar-refractivity contribution in [3.05, 3.63) is 105 Å². The van der Waals surface area contributed by atoms with Gasteiger partial charge in [-0.2, -0.15) is 0 Å². The maximum atomic E-state index is 5.96. The monoisotopic (exact) mass is 474 g/mol. The second-order valence-corrected chi connectivity index (χ2v) is 8.01. The lowest BCUT2D eigenvalue weighted by atomic mass is 10.1. The van der Waals surface area contributed by atoms with Gasteiger partial charge in [-0.15, -0.1) is 12.4 Å². The molecule has 0 atom stereocenters. The number of nitrogens with zero attached hydrogens (tertiary/aromatic N) is 1. The first kappa shape index (κ1) is 20.9. The summed E-state index contributed by atoms with van der Waals surface area (Å²) in [5.74, 6) is 0. The first-order valence-corrected chi connectivity index (χ1v) is 10.1. The summed E-state index contributed by atoms with van der Waals surface area (Å²) in [4.78, 5) is 0. The Bertz CT molecular complexity index is 1040. The molecule has 4 rings (SSSR count). The van der Waals surface area contributed by atoms with E-state index in [1.54, 1.807) is 0 Å². The van der Waals surface area contributed by atoms with Gasteiger partial charge >= 0.3 is 0 Å². The number of hydrogen-bond donors (Lipinski definition) is 1. The molecule has 1 aromatic heterocycles. The van der Waals surface area contributed by atoms with Crippen molar-refractivity contribution in [3.8, 4) is 0 Å². The van der Waals surface area contributed by atoms with E-state index < -0.39 is 0 Å². The predicted octanol–water partition coefficient (Wildman–Crippen LogP) is 6.82. The molecule has 4 aromatic rings. The van der Waals surface area contributed by atoms with Gasteiger partial charge < -0.3 is 9.88 Å². The van der Waals surface area contributed by atoms with Crippen molar-refractivity contribution in [2.24, 2.45) is 0 Å². The van der Waals surface area contributed by atoms with Gasteiger partial charge in [-0.1, -0.05) is 70.0 Å². The lowest BCUT2D eigenvalue weighted by Crippen LogP contribution is -2.12. The molecule has 2 nitrogen and oxygen atoms in total. The Morgan fingerprint density at radius 1 is 0.857 bits per heavy atom. The van der Waals surface area contributed by atoms with Crippen LogP contribution in [0.2, 0.25) is 5.02 Å². The van der Waals surface area contributed by atoms with E-state index in [9.17, 15) is 0 Å². The average Bonchev–Trinajstić information content (AvgIpc) is 3.01. The number of nitrogens with one attached hydrogen (secondary N) is 1. The summed E-state index contributed by atoms with van der Waals surface area (Å²) >= 11 is 9.58. The van der Waals surface area contributed by atoms with E-state index in [0.29, 0.717) is 0 Å². The van der Waals surface area contributed by atoms with Crippen LogP contribution in [0.1, 0.15) is 16.7 Å². The van der Waals surface area contributed by atoms with E-state index in [1.165, 1.54) is 27.6 Å². The fraction of sp³-hybridized carbons (Fsp3) is 0.130. The molecule has 0 radical (unpaired) electrons. The maximum absolute atomic E-state index is 5.96. The third-order valence-electron chi connectivity index (χ3n) is 4.68. The van der Waals surface area contributed by atoms with Crippen LogP contribution in [0.15, 0.2) is 83.5 Å². The van der Waals surface area contributed by atoms with E-state index >= 15 is 0 Å². The number of benzene rings is 3. The fourth-order valence-electron chi connectivity index (χ4n) is 3.34. The zero-order valence-electron chi connectivity index (χ0n) is 15.2. The van der Waals surface area contributed by atoms with Crippen LogP contribution in [0.5, 0.6) is 0 Å². The fourth-order valence-corrected chi connectivity index (χ4v) is 3.83. The molecular weight excluding hydrogens is 455 g/mol. The molecule has 0 bridgehead atoms. The second kappa shape index (κ2) is 9.62. The Labute approximate surface area is 185 Å². The Morgan fingerprint density at radius 3 is 2.36 bits per heavy atom. The highest BCUT2D eigenvalue weighted by Crippen LogP contribution is 2.26. The molecule has 0 saturated carbocycles. The first-order chi connectivity index (χ1) is 13.2. The average molecular weight is 476 g/mol. The number of rotatable bonds is 6. The van der Waals surface area contributed by atoms with Crippen LogP contribution in [0.25, 0.3) is 10.9 Å². The molecule has 5 heteroatoms. The zero-order valence-corrected chi connectivity index (χ0v) is 18.4. The summed E-state index contributed by atoms with van der Waals surface area (Å²) in [6.07, 6.45) is 2.26. The van der Waals surface area contributed by atoms with Crippen LogP contribution < -0.4 is 5.32 Å². The van der Waals surface area contributed by atoms with Crippen molar-refractivity contribution in [1.29, 1.82) is 0 Å². The van der Waals surface area contributed by atoms with Crippen LogP contribution in [-0.2, 0) is 19.6 Å². The minimum absolute atomic E-state index is 0. The molecule has 1 heterocycles. The van der Waals surface area contributed by atoms with Crippen molar-refractivity contribution in [2.45, 2.75) is 19.6 Å². The first-order valence-electron chi connectivity index (χ1n) is 8.95. The molecule has 0 amide bonds. The van der Waals surface area contributed by atoms with Crippen molar-refractivity contribution in [2.75, 3.05) is 0 Å². The van der Waals surface area contributed by atoms with Crippen molar-refractivity contribution in [3.63, 3.8) is 0 Å². The van der Waals surface area contributed by atoms with Gasteiger partial charge in [-0.3, -0.25) is 0 Å². The lowest BCUT2D eigenvalue weighted by Gasteiger charge is -2.05. The SMILES string of the molecule is Cl.Clc1ccc(CNCc2cn(Cc3ccccc3)c3ccc(Br)cc23)cc1. The van der Waals surface area contributed by atoms with Crippen molar-refractivity contribution < 1.29 is 0 Å². The summed E-state index contributed by atoms with van der Waals surface area (Å²) < 4.78 is 3.43. The normalized spacial score (nSPS) is 10.8. The maximum Gasteiger partial charge on any atom is 0.0487 e. The number of aromatic nitrogens is 1. The van der Waals surface area contributed by atoms with Gasteiger partial charge in [0.15, 0.2) is 0 Å². The van der Waals surface area contributed by atoms with Crippen molar-refractivity contribution in [1.82, 2.24) is 9.88 Å². The van der Waals surface area contributed by atoms with Gasteiger partial charge in [-0.05, 0) is 47.0 Å². The molecular formula is C23H21BrCl2N2. The lowest BCUT2D eigenvalue weighted by molar-refractivity contribution is 0.692. The smallest absolute Gasteiger partial charge is 0.0487 e. The zero-order chi connectivity index (χ0) is 18.6. The quantitative estimate of drug-likeness (QED) is 0.323. The van der Waals surface area contributed by atoms with Gasteiger partial charge in [0.25, 0.3) is 0 Å². The molecule has 3 aromatic carbocycles. The molecule has 1 N–H and O–H groups in total. The Kier molecular flexibility index (Phi) is 7.19. The Morgan fingerprint density at radius 2 is 1.61 bits per heavy atom. The summed E-state index contributed by atoms with van der Waals surface area (Å²) in [6, 6.07) is 25.1. The highest BCUT2D eigenvalue weighted by Gasteiger charge is 2.09. The van der Waals surface area contributed by atoms with Gasteiger partial charge in [0, 0.05) is 46.2 Å². The molecule has 144 valence electrons. The highest BCUT2D eigenvalue weighted by atomic mass is 79.9. The van der Waals surface area contributed by atoms with E-state index in [0.717, 1.165) is 29.1 Å². The largest absolute Gasteiger partial charge is 0.343 e. The molecule has 0 spiro atoms. The van der Waals surface area contributed by atoms with E-state index in [1.807, 2.05) is 12.1 Å². The molecule has 0 aliphatic rings. The number of hydrogen-bond acceptors (Lipinski definition) is 1. The van der Waals surface area contributed by atoms with E-state index in [4.69, 9.17) is 11.6 Å². The Balaban J connectivity index is 0.00000225. The van der Waals surface area contributed by atoms with Crippen LogP contribution in [-0.4, -0.2) is 4.57 Å². The second-order valence-electron chi connectivity index (χ2n) is 6.66. The summed E-state index contributed by atoms with van der Waals surface area (Å²) in [5.41, 5.74) is 5.09. The van der Waals surface area contributed by atoms with Crippen LogP contribution >= 0.6 is 39.9 Å². The molecule has 0 saturated heterocycles. The third kappa shape index (κ3) is 4.98. The predicted molar refractivity (Wildman–Crippen MR) is 124 cm³/mol. The van der Waals surface area contributed by atoms with E-state index in [-0.39, 0.29) is 12.4 Å². The molecule has 0 fully saturated rings. The van der Waals surface area contributed by atoms with Crippen LogP contribution in [0.4, 0.5) is 0 Å². The van der Waals surface area contributed by atoms with Gasteiger partial charge in [0.2, 0.25) is 0 Å². The minimum atomic E-state index is 0. The van der Waals surface area contributed by atoms with Crippen LogP contribution in [0, 0.1) is 0 Å². The summed E-state index contributed by atoms with van der Waals surface area (Å²) in [5, 5.41) is 5.61. The molecule has 28 heavy (non-hydrogen) atoms. The topological polar surface area (TPSA) is 17.0 Å². The van der Waals surface area contributed by atoms with Gasteiger partial charge in [-0.25, -0.2) is 0 Å². The van der Waals surface area contributed by atoms with Crippen molar-refractivity contribution >= 4 is 50.8 Å². The molecule has 0 aliphatic heterocycles. The highest BCUT2D eigenvalue weighted by molar-refractivity contribution is 9.10. The van der Waals surface area contributed by atoms with Crippen LogP contribution in [0.3, 0.4) is 0 Å². The third-order valence-corrected chi connectivity index (χ3v) is 5.42. The standard InChI is InChI=1S/C23H20BrClN2.ClH/c24-20-8-11-23-22(12-20)19(14-26-13-17-6-9-21(25)10-7-17)16-27(23)15-18-4-2-1-3-5-18;/h1-12,16,26H,13-15H2;1H. The summed E-state index contributed by atoms with van der Waals surface area (Å²) in [7, 11) is 0. The molecule has 0 aliphatic carbocycles. The Hall–Kier alpha value is -1.78. The van der Waals surface area contributed by atoms with E-state index in [2.05, 4.69) is 92.7 Å². The number of fused-ring (bicyclic) bond motifs is 1. The van der Waals surface area contributed by atoms with Gasteiger partial charge in [0.1, 0.15) is 0 Å². The summed E-state index contributed by atoms with van der Waals surface area (Å²) in [6.45, 7) is 2.50. The minimum Gasteiger partial charge on any atom is -0.343 e. The number of halogens is 3.